The molecule has 6 amide bonds. The topological polar surface area (TPSA) is 226 Å². The van der Waals surface area contributed by atoms with Crippen LogP contribution in [0.2, 0.25) is 0 Å². The fourth-order valence-electron chi connectivity index (χ4n) is 13.3. The van der Waals surface area contributed by atoms with Crippen molar-refractivity contribution in [2.45, 2.75) is 121 Å². The Bertz CT molecular complexity index is 9570. The molecule has 0 aliphatic carbocycles. The van der Waals surface area contributed by atoms with Crippen LogP contribution in [-0.4, -0.2) is 206 Å². The van der Waals surface area contributed by atoms with Gasteiger partial charge < -0.3 is 55.8 Å². The Labute approximate surface area is 869 Å². The van der Waals surface area contributed by atoms with E-state index in [0.717, 1.165) is 21.6 Å². The van der Waals surface area contributed by atoms with Crippen LogP contribution in [0.3, 0.4) is 0 Å². The Kier molecular flexibility index (Phi) is 18.1. The van der Waals surface area contributed by atoms with Gasteiger partial charge in [0.25, 0.3) is 0 Å². The van der Waals surface area contributed by atoms with Gasteiger partial charge in [-0.3, -0.25) is 28.8 Å². The number of benzene rings is 6. The Morgan fingerprint density at radius 1 is 0.217 bits per heavy atom. The molecule has 24 heteroatoms. The van der Waals surface area contributed by atoms with Crippen molar-refractivity contribution in [2.75, 3.05) is 84.6 Å². The fourth-order valence-corrected chi connectivity index (χ4v) is 13.3. The van der Waals surface area contributed by atoms with Crippen LogP contribution in [-0.2, 0) is 67.1 Å². The average molecular weight is 1890 g/mol. The van der Waals surface area contributed by atoms with E-state index >= 15 is 0 Å². The molecule has 24 nitrogen and oxygen atoms in total. The number of rotatable bonds is 18. The minimum absolute atomic E-state index is 0.000703. The van der Waals surface area contributed by atoms with E-state index in [1.807, 2.05) is 45.2 Å². The number of pyridine rings is 6. The third-order valence-electron chi connectivity index (χ3n) is 20.6. The molecule has 0 saturated heterocycles. The maximum Gasteiger partial charge on any atom is 0.228 e. The van der Waals surface area contributed by atoms with Crippen molar-refractivity contribution in [3.05, 3.63) is 356 Å². The molecule has 0 N–H and O–H groups in total. The highest BCUT2D eigenvalue weighted by atomic mass is 16.2. The summed E-state index contributed by atoms with van der Waals surface area (Å²) in [7, 11) is 18.2. The summed E-state index contributed by atoms with van der Waals surface area (Å²) in [6.07, 6.45) is 0.624. The molecule has 12 aromatic heterocycles. The fraction of sp³-hybridized carbons (Fsp3) is 0.263. The summed E-state index contributed by atoms with van der Waals surface area (Å²) in [5.74, 6) is -3.16. The zero-order chi connectivity index (χ0) is 136. The maximum atomic E-state index is 12.7. The number of fused-ring (bicyclic) bond motifs is 6. The summed E-state index contributed by atoms with van der Waals surface area (Å²) in [4.78, 5) is 110. The van der Waals surface area contributed by atoms with E-state index in [1.54, 1.807) is 91.9 Å². The first-order valence-electron chi connectivity index (χ1n) is 64.4. The second-order valence-electron chi connectivity index (χ2n) is 32.7. The van der Waals surface area contributed by atoms with E-state index in [1.165, 1.54) is 192 Å². The van der Waals surface area contributed by atoms with Gasteiger partial charge in [0, 0.05) is 192 Å². The lowest BCUT2D eigenvalue weighted by Crippen LogP contribution is -2.24. The van der Waals surface area contributed by atoms with Gasteiger partial charge >= 0.3 is 0 Å². The average Bonchev–Trinajstić information content (AvgIpc) is 1.66. The van der Waals surface area contributed by atoms with Gasteiger partial charge in [-0.1, -0.05) is 215 Å². The predicted octanol–water partition coefficient (Wildman–Crippen LogP) is 19.5. The van der Waals surface area contributed by atoms with E-state index in [0.29, 0.717) is 50.8 Å². The van der Waals surface area contributed by atoms with Crippen molar-refractivity contribution in [2.24, 2.45) is 0 Å². The number of carbonyl (C=O) groups excluding carboxylic acids is 6. The van der Waals surface area contributed by atoms with Crippen molar-refractivity contribution in [1.29, 1.82) is 0 Å². The Morgan fingerprint density at radius 2 is 0.377 bits per heavy atom. The highest BCUT2D eigenvalue weighted by molar-refractivity contribution is 5.87. The molecule has 0 aliphatic rings. The number of nitrogens with zero attached hydrogens (tertiary/aromatic N) is 18. The normalized spacial score (nSPS) is 17.5. The predicted molar refractivity (Wildman–Crippen MR) is 555 cm³/mol. The molecule has 12 heterocycles. The van der Waals surface area contributed by atoms with Crippen molar-refractivity contribution in [1.82, 2.24) is 85.7 Å². The van der Waals surface area contributed by atoms with Crippen molar-refractivity contribution in [3.8, 4) is 67.5 Å². The number of amides is 6. The number of hydrogen-bond donors (Lipinski definition) is 0. The molecule has 18 aromatic rings. The highest BCUT2D eigenvalue weighted by Gasteiger charge is 2.26. The molecule has 6 aromatic carbocycles. The van der Waals surface area contributed by atoms with Gasteiger partial charge in [-0.15, -0.1) is 0 Å². The van der Waals surface area contributed by atoms with Crippen molar-refractivity contribution >= 4 is 69.3 Å². The van der Waals surface area contributed by atoms with Gasteiger partial charge in [-0.05, 0) is 152 Å². The molecular weight excluding hydrogens is 1720 g/mol. The summed E-state index contributed by atoms with van der Waals surface area (Å²) in [5.41, 5.74) is 5.98. The number of aromatic nitrogens is 12. The largest absolute Gasteiger partial charge is 0.348 e. The highest BCUT2D eigenvalue weighted by Crippen LogP contribution is 2.34. The number of carbonyl (C=O) groups is 6. The molecular formula is C114H126N18O6. The molecule has 708 valence electrons. The molecule has 0 saturated carbocycles. The summed E-state index contributed by atoms with van der Waals surface area (Å²) in [5, 5.41) is 0. The molecule has 18 rings (SSSR count). The van der Waals surface area contributed by atoms with Crippen LogP contribution >= 0.6 is 0 Å². The Hall–Kier alpha value is -15.7. The van der Waals surface area contributed by atoms with Crippen LogP contribution < -0.4 is 0 Å². The molecule has 138 heavy (non-hydrogen) atoms. The molecule has 0 fully saturated rings. The minimum atomic E-state index is -2.91. The summed E-state index contributed by atoms with van der Waals surface area (Å²) in [6, 6.07) is 24.1. The minimum Gasteiger partial charge on any atom is -0.348 e. The number of hydrogen-bond acceptors (Lipinski definition) is 12. The van der Waals surface area contributed by atoms with Gasteiger partial charge in [0.15, 0.2) is 0 Å². The molecule has 0 spiro atoms. The van der Waals surface area contributed by atoms with Crippen molar-refractivity contribution in [3.63, 3.8) is 0 Å². The lowest BCUT2D eigenvalue weighted by molar-refractivity contribution is -0.128. The van der Waals surface area contributed by atoms with E-state index in [4.69, 9.17) is 58.9 Å². The first kappa shape index (κ1) is 57.2. The third kappa shape index (κ3) is 24.1. The molecule has 0 bridgehead atoms. The van der Waals surface area contributed by atoms with E-state index in [2.05, 4.69) is 29.9 Å². The lowest BCUT2D eigenvalue weighted by Gasteiger charge is -2.11. The maximum absolute atomic E-state index is 12.7. The van der Waals surface area contributed by atoms with E-state index in [-0.39, 0.29) is 178 Å². The van der Waals surface area contributed by atoms with Crippen LogP contribution in [0.4, 0.5) is 0 Å². The third-order valence-corrected chi connectivity index (χ3v) is 20.6. The monoisotopic (exact) mass is 1890 g/mol. The van der Waals surface area contributed by atoms with Crippen LogP contribution in [0, 0.1) is 82.6 Å². The second kappa shape index (κ2) is 43.7. The van der Waals surface area contributed by atoms with E-state index in [9.17, 15) is 28.8 Å². The summed E-state index contributed by atoms with van der Waals surface area (Å²) >= 11 is 0. The number of likely N-dealkylation sites (N-methyl/N-ethyl adjacent to an activating group) is 6. The summed E-state index contributed by atoms with van der Waals surface area (Å²) < 4.78 is 352. The second-order valence-corrected chi connectivity index (χ2v) is 32.7. The first-order valence-corrected chi connectivity index (χ1v) is 42.4. The first-order chi connectivity index (χ1) is 83.5. The Morgan fingerprint density at radius 3 is 0.558 bits per heavy atom. The lowest BCUT2D eigenvalue weighted by atomic mass is 10.1. The van der Waals surface area contributed by atoms with Gasteiger partial charge in [-0.25, -0.2) is 29.9 Å². The quantitative estimate of drug-likeness (QED) is 0.0782. The smallest absolute Gasteiger partial charge is 0.228 e. The molecule has 6 unspecified atom stereocenters. The van der Waals surface area contributed by atoms with Crippen LogP contribution in [0.15, 0.2) is 255 Å². The SMILES string of the molecule is [2H]C(C(=O)N(C)C)c1c(-c2ccc(C([2H])([2H])[2H])cc2)nc2ccc(C([2H])([2H])[2H])cn12.[2H]C(C(=O)N(C)C)c1c(-c2ccc(C([2H])([2H])[2H])cc2)nc2ccc(C)cn12.[2H]c1c([2H])c(-c2nc3ccc(C([2H])([2H])[2H])cn3c2C([2H])C(=O)N(C)C)c([2H])c([2H])c1C.[2H]c1c([2H])c(-c2nc3ccc(C)cn3c2C([2H])C(=O)N(C)C)c([2H])c([2H])c1C.[2H]c1c([2H])c(C([2H])([2H])[2H])c([2H])c([2H])c1-c1nc2ccc(C([2H])([2H])[2H])cn2c1C([2H])C(=O)N(C)C.[2H]c1c([2H])c(C([2H])([2H])[2H])c([2H])c([2H])c1-c1nc2ccc(C)cn2c1C([2H])C(=O)N(C)C. The van der Waals surface area contributed by atoms with E-state index < -0.39 is 175 Å². The van der Waals surface area contributed by atoms with Crippen molar-refractivity contribution < 1.29 is 87.7 Å². The zero-order valence-corrected chi connectivity index (χ0v) is 78.5. The van der Waals surface area contributed by atoms with Crippen LogP contribution in [0.5, 0.6) is 0 Å². The zero-order valence-electron chi connectivity index (χ0n) is 121. The van der Waals surface area contributed by atoms with Gasteiger partial charge in [0.1, 0.15) is 33.9 Å². The summed E-state index contributed by atoms with van der Waals surface area (Å²) in [6.45, 7) is -8.87. The molecule has 0 radical (unpaired) electrons. The van der Waals surface area contributed by atoms with Crippen LogP contribution in [0.25, 0.3) is 101 Å². The Balaban J connectivity index is 0.000000177. The van der Waals surface area contributed by atoms with Gasteiger partial charge in [-0.2, -0.15) is 0 Å². The van der Waals surface area contributed by atoms with Gasteiger partial charge in [0.05, 0.1) is 129 Å². The standard InChI is InChI=1S/6C19H21N3O/c6*1-13-5-8-15(9-6-13)19-16(11-18(23)21(3)4)22-12-14(2)7-10-17(22)20-19/h6*5-10,12H,11H2,1-4H3/i1D3,2D3,5D,6D,8D,9D,11D;2D3,5D,6D,8D,9D,11D;1D3,5D,6D,8D,9D,11D;5D,6D,8D,9D,11D;1D3,2D3,11D;1D3,11D. The number of aryl methyl sites for hydroxylation is 8. The van der Waals surface area contributed by atoms with Gasteiger partial charge in [0.2, 0.25) is 35.4 Å². The molecule has 0 aliphatic heterocycles. The van der Waals surface area contributed by atoms with Crippen LogP contribution in [0.1, 0.15) is 160 Å². The molecule has 6 atom stereocenters. The number of imidazole rings is 6.